The molecule has 3 nitrogen and oxygen atoms in total. The number of hydrogen-bond donors (Lipinski definition) is 1. The van der Waals surface area contributed by atoms with Gasteiger partial charge in [0.05, 0.1) is 0 Å². The molecule has 6 heteroatoms. The van der Waals surface area contributed by atoms with Gasteiger partial charge >= 0.3 is 0 Å². The highest BCUT2D eigenvalue weighted by Crippen LogP contribution is 2.02. The number of carbonyl (C=O) groups excluding carboxylic acids is 1. The fraction of sp³-hybridized carbons (Fsp3) is 0.200. The van der Waals surface area contributed by atoms with E-state index in [1.807, 2.05) is 5.38 Å². The Balaban J connectivity index is 0. The first-order valence-electron chi connectivity index (χ1n) is 2.44. The van der Waals surface area contributed by atoms with Crippen molar-refractivity contribution in [3.05, 3.63) is 11.6 Å². The summed E-state index contributed by atoms with van der Waals surface area (Å²) in [7, 11) is 0. The molecule has 0 aliphatic carbocycles. The molecule has 64 valence electrons. The molecule has 11 heavy (non-hydrogen) atoms. The van der Waals surface area contributed by atoms with Crippen molar-refractivity contribution in [2.45, 2.75) is 6.92 Å². The zero-order valence-electron chi connectivity index (χ0n) is 5.78. The molecule has 0 fully saturated rings. The van der Waals surface area contributed by atoms with E-state index < -0.39 is 0 Å². The van der Waals surface area contributed by atoms with Crippen LogP contribution in [0.5, 0.6) is 0 Å². The quantitative estimate of drug-likeness (QED) is 0.672. The molecule has 0 bridgehead atoms. The van der Waals surface area contributed by atoms with Crippen LogP contribution in [0.4, 0.5) is 5.13 Å². The molecule has 2 N–H and O–H groups in total. The third kappa shape index (κ3) is 12.8. The van der Waals surface area contributed by atoms with E-state index in [4.69, 9.17) is 5.73 Å². The molecule has 0 aromatic carbocycles. The molecule has 0 aliphatic heterocycles. The predicted octanol–water partition coefficient (Wildman–Crippen LogP) is 1.92. The Morgan fingerprint density at radius 1 is 1.82 bits per heavy atom. The Hall–Kier alpha value is -0.320. The summed E-state index contributed by atoms with van der Waals surface area (Å²) in [5, 5.41) is 2.12. The Kier molecular flexibility index (Phi) is 9.40. The first-order chi connectivity index (χ1) is 4.63. The highest BCUT2D eigenvalue weighted by molar-refractivity contribution is 7.13. The smallest absolute Gasteiger partial charge is 0.218 e. The molecule has 0 saturated carbocycles. The molecule has 0 radical (unpaired) electrons. The number of halogens is 2. The fourth-order valence-electron chi connectivity index (χ4n) is 0.234. The second kappa shape index (κ2) is 7.78. The zero-order valence-corrected chi connectivity index (χ0v) is 8.17. The van der Waals surface area contributed by atoms with Crippen LogP contribution < -0.4 is 5.73 Å². The third-order valence-electron chi connectivity index (χ3n) is 0.451. The number of nitrogen functional groups attached to an aromatic ring is 1. The zero-order chi connectivity index (χ0) is 7.98. The van der Waals surface area contributed by atoms with Gasteiger partial charge in [0.15, 0.2) is 5.13 Å². The predicted molar refractivity (Wildman–Crippen MR) is 50.3 cm³/mol. The molecular formula is C5H8Cl2N2OS. The molecule has 0 unspecified atom stereocenters. The average molecular weight is 215 g/mol. The van der Waals surface area contributed by atoms with E-state index in [0.29, 0.717) is 5.13 Å². The van der Waals surface area contributed by atoms with Gasteiger partial charge in [-0.15, -0.1) is 23.7 Å². The lowest BCUT2D eigenvalue weighted by Crippen LogP contribution is -1.77. The summed E-state index contributed by atoms with van der Waals surface area (Å²) >= 11 is 6.08. The summed E-state index contributed by atoms with van der Waals surface area (Å²) < 4.78 is 0. The second-order valence-corrected chi connectivity index (χ2v) is 2.80. The monoisotopic (exact) mass is 214 g/mol. The van der Waals surface area contributed by atoms with E-state index in [1.165, 1.54) is 18.3 Å². The summed E-state index contributed by atoms with van der Waals surface area (Å²) in [5.74, 6) is 0. The molecule has 0 atom stereocenters. The van der Waals surface area contributed by atoms with E-state index in [2.05, 4.69) is 16.6 Å². The Labute approximate surface area is 80.0 Å². The van der Waals surface area contributed by atoms with Crippen molar-refractivity contribution in [3.63, 3.8) is 0 Å². The van der Waals surface area contributed by atoms with Gasteiger partial charge in [-0.05, 0) is 11.6 Å². The number of hydrogen-bond acceptors (Lipinski definition) is 4. The third-order valence-corrected chi connectivity index (χ3v) is 1.06. The van der Waals surface area contributed by atoms with E-state index in [-0.39, 0.29) is 17.6 Å². The van der Waals surface area contributed by atoms with Crippen LogP contribution in [0.1, 0.15) is 6.92 Å². The number of anilines is 1. The van der Waals surface area contributed by atoms with Crippen molar-refractivity contribution in [2.24, 2.45) is 0 Å². The van der Waals surface area contributed by atoms with Crippen LogP contribution in [0.3, 0.4) is 0 Å². The van der Waals surface area contributed by atoms with Gasteiger partial charge in [0.1, 0.15) is 0 Å². The van der Waals surface area contributed by atoms with Gasteiger partial charge in [0.2, 0.25) is 5.24 Å². The van der Waals surface area contributed by atoms with Gasteiger partial charge in [-0.25, -0.2) is 4.98 Å². The molecule has 1 rings (SSSR count). The minimum absolute atomic E-state index is 0. The van der Waals surface area contributed by atoms with Gasteiger partial charge in [0, 0.05) is 18.5 Å². The molecule has 0 spiro atoms. The van der Waals surface area contributed by atoms with Crippen molar-refractivity contribution in [2.75, 3.05) is 5.73 Å². The van der Waals surface area contributed by atoms with E-state index in [0.717, 1.165) is 0 Å². The minimum Gasteiger partial charge on any atom is -0.375 e. The standard InChI is InChI=1S/C3H4N2S.C2H3ClO.ClH/c4-3-5-1-2-6-3;1-2(3)4;/h1-2H,(H2,4,5);1H3;1H. The van der Waals surface area contributed by atoms with Crippen LogP contribution >= 0.6 is 35.3 Å². The number of nitrogens with two attached hydrogens (primary N) is 1. The summed E-state index contributed by atoms with van der Waals surface area (Å²) in [6.45, 7) is 1.29. The van der Waals surface area contributed by atoms with Gasteiger partial charge in [-0.3, -0.25) is 4.79 Å². The SMILES string of the molecule is CC(=O)Cl.Cl.Nc1nccs1. The summed E-state index contributed by atoms with van der Waals surface area (Å²) in [4.78, 5) is 12.9. The van der Waals surface area contributed by atoms with Crippen LogP contribution in [0.25, 0.3) is 0 Å². The molecular weight excluding hydrogens is 207 g/mol. The molecule has 1 heterocycles. The number of nitrogens with zero attached hydrogens (tertiary/aromatic N) is 1. The highest BCUT2D eigenvalue weighted by atomic mass is 35.5. The maximum atomic E-state index is 9.21. The van der Waals surface area contributed by atoms with Crippen LogP contribution in [0.15, 0.2) is 11.6 Å². The van der Waals surface area contributed by atoms with Gasteiger partial charge in [-0.2, -0.15) is 0 Å². The van der Waals surface area contributed by atoms with E-state index in [9.17, 15) is 4.79 Å². The average Bonchev–Trinajstić information content (AvgIpc) is 2.15. The fourth-order valence-corrected chi connectivity index (χ4v) is 0.617. The maximum Gasteiger partial charge on any atom is 0.218 e. The van der Waals surface area contributed by atoms with Crippen molar-refractivity contribution in [1.82, 2.24) is 4.98 Å². The molecule has 0 saturated heterocycles. The Bertz CT molecular complexity index is 186. The lowest BCUT2D eigenvalue weighted by atomic mass is 10.9. The van der Waals surface area contributed by atoms with Crippen molar-refractivity contribution < 1.29 is 4.79 Å². The largest absolute Gasteiger partial charge is 0.375 e. The number of carbonyl (C=O) groups is 1. The van der Waals surface area contributed by atoms with Crippen LogP contribution in [0, 0.1) is 0 Å². The van der Waals surface area contributed by atoms with Crippen LogP contribution in [-0.2, 0) is 4.79 Å². The molecule has 1 aromatic heterocycles. The Morgan fingerprint density at radius 3 is 2.36 bits per heavy atom. The topological polar surface area (TPSA) is 56.0 Å². The summed E-state index contributed by atoms with van der Waals surface area (Å²) in [6.07, 6.45) is 1.68. The maximum absolute atomic E-state index is 9.21. The van der Waals surface area contributed by atoms with Gasteiger partial charge in [0.25, 0.3) is 0 Å². The first kappa shape index (κ1) is 13.3. The van der Waals surface area contributed by atoms with Gasteiger partial charge in [-0.1, -0.05) is 0 Å². The lowest BCUT2D eigenvalue weighted by molar-refractivity contribution is -0.109. The second-order valence-electron chi connectivity index (χ2n) is 1.34. The van der Waals surface area contributed by atoms with Gasteiger partial charge < -0.3 is 5.73 Å². The lowest BCUT2D eigenvalue weighted by Gasteiger charge is -1.67. The van der Waals surface area contributed by atoms with Crippen molar-refractivity contribution in [3.8, 4) is 0 Å². The Morgan fingerprint density at radius 2 is 2.27 bits per heavy atom. The van der Waals surface area contributed by atoms with E-state index in [1.54, 1.807) is 6.20 Å². The normalized spacial score (nSPS) is 7.09. The molecule has 1 aromatic rings. The minimum atomic E-state index is -0.361. The van der Waals surface area contributed by atoms with Crippen molar-refractivity contribution >= 4 is 45.7 Å². The number of aromatic nitrogens is 1. The summed E-state index contributed by atoms with van der Waals surface area (Å²) in [6, 6.07) is 0. The van der Waals surface area contributed by atoms with E-state index >= 15 is 0 Å². The number of thiazole rings is 1. The highest BCUT2D eigenvalue weighted by Gasteiger charge is 1.76. The molecule has 0 aliphatic rings. The van der Waals surface area contributed by atoms with Crippen LogP contribution in [-0.4, -0.2) is 10.2 Å². The summed E-state index contributed by atoms with van der Waals surface area (Å²) in [5.41, 5.74) is 5.19. The first-order valence-corrected chi connectivity index (χ1v) is 3.69. The number of rotatable bonds is 0. The van der Waals surface area contributed by atoms with Crippen LogP contribution in [0.2, 0.25) is 0 Å². The molecule has 0 amide bonds. The van der Waals surface area contributed by atoms with Crippen molar-refractivity contribution in [1.29, 1.82) is 0 Å².